The van der Waals surface area contributed by atoms with Gasteiger partial charge in [0.25, 0.3) is 0 Å². The summed E-state index contributed by atoms with van der Waals surface area (Å²) in [5.74, 6) is 6.09. The number of aromatic nitrogens is 1. The molecule has 106 valence electrons. The number of rotatable bonds is 4. The van der Waals surface area contributed by atoms with E-state index in [9.17, 15) is 13.2 Å². The molecule has 0 radical (unpaired) electrons. The Morgan fingerprint density at radius 3 is 2.45 bits per heavy atom. The lowest BCUT2D eigenvalue weighted by atomic mass is 10.2. The van der Waals surface area contributed by atoms with Gasteiger partial charge in [-0.05, 0) is 30.3 Å². The number of hydrazine groups is 1. The van der Waals surface area contributed by atoms with E-state index in [1.165, 1.54) is 12.1 Å². The van der Waals surface area contributed by atoms with Gasteiger partial charge in [0.15, 0.2) is 0 Å². The van der Waals surface area contributed by atoms with Crippen molar-refractivity contribution in [1.29, 1.82) is 0 Å². The molecule has 0 aliphatic carbocycles. The summed E-state index contributed by atoms with van der Waals surface area (Å²) in [5, 5.41) is 0. The lowest BCUT2D eigenvalue weighted by Crippen LogP contribution is -2.12. The first-order chi connectivity index (χ1) is 9.50. The van der Waals surface area contributed by atoms with Gasteiger partial charge in [-0.2, -0.15) is 13.2 Å². The third-order valence-electron chi connectivity index (χ3n) is 2.60. The molecule has 4 nitrogen and oxygen atoms in total. The number of hydrogen-bond acceptors (Lipinski definition) is 4. The van der Waals surface area contributed by atoms with Crippen LogP contribution in [-0.2, 0) is 12.8 Å². The van der Waals surface area contributed by atoms with Gasteiger partial charge in [-0.15, -0.1) is 0 Å². The average molecular weight is 283 g/mol. The fourth-order valence-corrected chi connectivity index (χ4v) is 1.59. The minimum atomic E-state index is -4.35. The smallest absolute Gasteiger partial charge is 0.416 e. The number of nitrogen functional groups attached to an aromatic ring is 1. The number of nitrogens with two attached hydrogens (primary N) is 1. The molecule has 0 saturated carbocycles. The van der Waals surface area contributed by atoms with Gasteiger partial charge in [0.2, 0.25) is 0 Å². The summed E-state index contributed by atoms with van der Waals surface area (Å²) in [6, 6.07) is 7.96. The SMILES string of the molecule is NNc1ncccc1COc1ccc(C(F)(F)F)cc1. The Bertz CT molecular complexity index is 570. The highest BCUT2D eigenvalue weighted by molar-refractivity contribution is 5.42. The van der Waals surface area contributed by atoms with E-state index >= 15 is 0 Å². The predicted molar refractivity (Wildman–Crippen MR) is 67.8 cm³/mol. The number of halogens is 3. The van der Waals surface area contributed by atoms with Crippen molar-refractivity contribution in [3.63, 3.8) is 0 Å². The number of nitrogens with one attached hydrogen (secondary N) is 1. The molecule has 1 aromatic carbocycles. The summed E-state index contributed by atoms with van der Waals surface area (Å²) >= 11 is 0. The number of pyridine rings is 1. The van der Waals surface area contributed by atoms with E-state index < -0.39 is 11.7 Å². The van der Waals surface area contributed by atoms with Gasteiger partial charge in [-0.25, -0.2) is 10.8 Å². The molecule has 7 heteroatoms. The molecule has 2 rings (SSSR count). The molecule has 0 fully saturated rings. The lowest BCUT2D eigenvalue weighted by Gasteiger charge is -2.11. The van der Waals surface area contributed by atoms with Crippen LogP contribution < -0.4 is 16.0 Å². The van der Waals surface area contributed by atoms with Crippen molar-refractivity contribution < 1.29 is 17.9 Å². The number of anilines is 1. The van der Waals surface area contributed by atoms with Crippen LogP contribution in [0.15, 0.2) is 42.6 Å². The highest BCUT2D eigenvalue weighted by Gasteiger charge is 2.29. The zero-order valence-electron chi connectivity index (χ0n) is 10.3. The maximum absolute atomic E-state index is 12.4. The molecule has 0 spiro atoms. The van der Waals surface area contributed by atoms with E-state index in [1.807, 2.05) is 0 Å². The predicted octanol–water partition coefficient (Wildman–Crippen LogP) is 2.97. The first kappa shape index (κ1) is 14.1. The first-order valence-corrected chi connectivity index (χ1v) is 5.71. The van der Waals surface area contributed by atoms with Crippen LogP contribution in [-0.4, -0.2) is 4.98 Å². The van der Waals surface area contributed by atoms with Gasteiger partial charge < -0.3 is 10.2 Å². The largest absolute Gasteiger partial charge is 0.489 e. The Hall–Kier alpha value is -2.28. The zero-order chi connectivity index (χ0) is 14.6. The van der Waals surface area contributed by atoms with Crippen molar-refractivity contribution in [2.24, 2.45) is 5.84 Å². The van der Waals surface area contributed by atoms with Crippen LogP contribution in [0.3, 0.4) is 0 Å². The lowest BCUT2D eigenvalue weighted by molar-refractivity contribution is -0.137. The summed E-state index contributed by atoms with van der Waals surface area (Å²) in [4.78, 5) is 3.99. The number of alkyl halides is 3. The van der Waals surface area contributed by atoms with Crippen LogP contribution in [0.4, 0.5) is 19.0 Å². The van der Waals surface area contributed by atoms with Gasteiger partial charge in [0, 0.05) is 11.8 Å². The second-order valence-corrected chi connectivity index (χ2v) is 3.97. The molecule has 0 aliphatic rings. The molecule has 2 aromatic rings. The normalized spacial score (nSPS) is 11.2. The van der Waals surface area contributed by atoms with Crippen LogP contribution in [0.25, 0.3) is 0 Å². The van der Waals surface area contributed by atoms with Crippen molar-refractivity contribution >= 4 is 5.82 Å². The Kier molecular flexibility index (Phi) is 4.09. The second-order valence-electron chi connectivity index (χ2n) is 3.97. The van der Waals surface area contributed by atoms with Crippen molar-refractivity contribution in [2.75, 3.05) is 5.43 Å². The van der Waals surface area contributed by atoms with Crippen molar-refractivity contribution in [3.05, 3.63) is 53.7 Å². The van der Waals surface area contributed by atoms with E-state index in [4.69, 9.17) is 10.6 Å². The Morgan fingerprint density at radius 1 is 1.15 bits per heavy atom. The monoisotopic (exact) mass is 283 g/mol. The van der Waals surface area contributed by atoms with Crippen LogP contribution >= 0.6 is 0 Å². The van der Waals surface area contributed by atoms with E-state index in [0.29, 0.717) is 17.1 Å². The number of nitrogens with zero attached hydrogens (tertiary/aromatic N) is 1. The number of hydrogen-bond donors (Lipinski definition) is 2. The molecule has 1 heterocycles. The Balaban J connectivity index is 2.04. The zero-order valence-corrected chi connectivity index (χ0v) is 10.3. The minimum Gasteiger partial charge on any atom is -0.489 e. The van der Waals surface area contributed by atoms with Crippen LogP contribution in [0.5, 0.6) is 5.75 Å². The maximum atomic E-state index is 12.4. The van der Waals surface area contributed by atoms with Crippen molar-refractivity contribution in [3.8, 4) is 5.75 Å². The highest BCUT2D eigenvalue weighted by atomic mass is 19.4. The molecule has 0 amide bonds. The summed E-state index contributed by atoms with van der Waals surface area (Å²) < 4.78 is 42.6. The quantitative estimate of drug-likeness (QED) is 0.669. The van der Waals surface area contributed by atoms with E-state index in [2.05, 4.69) is 10.4 Å². The molecule has 0 bridgehead atoms. The molecular formula is C13H12F3N3O. The standard InChI is InChI=1S/C13H12F3N3O/c14-13(15,16)10-3-5-11(6-4-10)20-8-9-2-1-7-18-12(9)19-17/h1-7H,8,17H2,(H,18,19). The highest BCUT2D eigenvalue weighted by Crippen LogP contribution is 2.30. The van der Waals surface area contributed by atoms with Crippen LogP contribution in [0.2, 0.25) is 0 Å². The fourth-order valence-electron chi connectivity index (χ4n) is 1.59. The Morgan fingerprint density at radius 2 is 1.85 bits per heavy atom. The van der Waals surface area contributed by atoms with Gasteiger partial charge >= 0.3 is 6.18 Å². The third-order valence-corrected chi connectivity index (χ3v) is 2.60. The van der Waals surface area contributed by atoms with Crippen molar-refractivity contribution in [1.82, 2.24) is 4.98 Å². The molecule has 1 aromatic heterocycles. The van der Waals surface area contributed by atoms with Gasteiger partial charge in [0.1, 0.15) is 18.2 Å². The van der Waals surface area contributed by atoms with E-state index in [-0.39, 0.29) is 6.61 Å². The third kappa shape index (κ3) is 3.39. The molecular weight excluding hydrogens is 271 g/mol. The summed E-state index contributed by atoms with van der Waals surface area (Å²) in [6.45, 7) is 0.152. The van der Waals surface area contributed by atoms with Crippen LogP contribution in [0, 0.1) is 0 Å². The second kappa shape index (κ2) is 5.79. The molecule has 3 N–H and O–H groups in total. The first-order valence-electron chi connectivity index (χ1n) is 5.71. The van der Waals surface area contributed by atoms with Gasteiger partial charge in [-0.3, -0.25) is 0 Å². The summed E-state index contributed by atoms with van der Waals surface area (Å²) in [5.41, 5.74) is 2.41. The van der Waals surface area contributed by atoms with Gasteiger partial charge in [-0.1, -0.05) is 6.07 Å². The molecule has 0 saturated heterocycles. The van der Waals surface area contributed by atoms with Crippen molar-refractivity contribution in [2.45, 2.75) is 12.8 Å². The molecule has 0 atom stereocenters. The van der Waals surface area contributed by atoms with E-state index in [1.54, 1.807) is 18.3 Å². The fraction of sp³-hybridized carbons (Fsp3) is 0.154. The Labute approximate surface area is 113 Å². The summed E-state index contributed by atoms with van der Waals surface area (Å²) in [6.07, 6.45) is -2.78. The van der Waals surface area contributed by atoms with E-state index in [0.717, 1.165) is 12.1 Å². The average Bonchev–Trinajstić information content (AvgIpc) is 2.45. The molecule has 20 heavy (non-hydrogen) atoms. The van der Waals surface area contributed by atoms with Crippen LogP contribution in [0.1, 0.15) is 11.1 Å². The molecule has 0 aliphatic heterocycles. The molecule has 0 unspecified atom stereocenters. The number of benzene rings is 1. The topological polar surface area (TPSA) is 60.2 Å². The van der Waals surface area contributed by atoms with Gasteiger partial charge in [0.05, 0.1) is 5.56 Å². The number of ether oxygens (including phenoxy) is 1. The maximum Gasteiger partial charge on any atom is 0.416 e. The summed E-state index contributed by atoms with van der Waals surface area (Å²) in [7, 11) is 0. The minimum absolute atomic E-state index is 0.152.